The third-order valence-corrected chi connectivity index (χ3v) is 11.9. The van der Waals surface area contributed by atoms with Gasteiger partial charge in [-0.3, -0.25) is 4.57 Å². The number of fused-ring (bicyclic) bond motifs is 6. The van der Waals surface area contributed by atoms with Gasteiger partial charge in [0, 0.05) is 32.7 Å². The number of nitriles is 1. The van der Waals surface area contributed by atoms with Gasteiger partial charge in [0.15, 0.2) is 11.6 Å². The maximum Gasteiger partial charge on any atom is 0.238 e. The summed E-state index contributed by atoms with van der Waals surface area (Å²) in [6.07, 6.45) is 0. The van der Waals surface area contributed by atoms with E-state index in [1.165, 1.54) is 33.4 Å². The Morgan fingerprint density at radius 1 is 0.387 bits per heavy atom. The highest BCUT2D eigenvalue weighted by atomic mass is 15.2. The first-order chi connectivity index (χ1) is 30.3. The van der Waals surface area contributed by atoms with Gasteiger partial charge in [0.05, 0.1) is 39.4 Å². The zero-order valence-electron chi connectivity index (χ0n) is 34.8. The molecule has 0 fully saturated rings. The minimum Gasteiger partial charge on any atom is -0.308 e. The molecule has 11 rings (SSSR count). The number of aromatic nitrogens is 5. The van der Waals surface area contributed by atoms with Crippen molar-refractivity contribution in [1.82, 2.24) is 24.1 Å². The molecule has 0 saturated heterocycles. The second-order valence-electron chi connectivity index (χ2n) is 16.4. The number of benzene rings is 8. The molecule has 3 aromatic heterocycles. The van der Waals surface area contributed by atoms with E-state index in [0.29, 0.717) is 23.2 Å². The molecular weight excluding hydrogens is 757 g/mol. The smallest absolute Gasteiger partial charge is 0.238 e. The molecule has 0 aliphatic heterocycles. The van der Waals surface area contributed by atoms with E-state index in [1.54, 1.807) is 0 Å². The normalized spacial score (nSPS) is 11.5. The zero-order chi connectivity index (χ0) is 42.1. The molecule has 6 heteroatoms. The molecule has 8 aromatic carbocycles. The van der Waals surface area contributed by atoms with E-state index in [-0.39, 0.29) is 0 Å². The van der Waals surface area contributed by atoms with Crippen molar-refractivity contribution >= 4 is 43.6 Å². The van der Waals surface area contributed by atoms with E-state index >= 15 is 0 Å². The van der Waals surface area contributed by atoms with Crippen LogP contribution in [0.3, 0.4) is 0 Å². The molecule has 0 bridgehead atoms. The molecule has 3 heterocycles. The molecule has 0 saturated carbocycles. The molecule has 0 unspecified atom stereocenters. The molecule has 294 valence electrons. The lowest BCUT2D eigenvalue weighted by Gasteiger charge is -2.16. The third kappa shape index (κ3) is 6.22. The van der Waals surface area contributed by atoms with Crippen LogP contribution in [-0.4, -0.2) is 24.1 Å². The van der Waals surface area contributed by atoms with Gasteiger partial charge in [0.2, 0.25) is 5.95 Å². The van der Waals surface area contributed by atoms with Gasteiger partial charge in [-0.1, -0.05) is 138 Å². The maximum absolute atomic E-state index is 10.4. The highest BCUT2D eigenvalue weighted by Crippen LogP contribution is 2.41. The van der Waals surface area contributed by atoms with Crippen LogP contribution in [0.25, 0.3) is 100 Å². The Hall–Kier alpha value is -8.14. The highest BCUT2D eigenvalue weighted by molar-refractivity contribution is 6.12. The first kappa shape index (κ1) is 36.9. The monoisotopic (exact) mass is 796 g/mol. The topological polar surface area (TPSA) is 72.3 Å². The Balaban J connectivity index is 1.21. The summed E-state index contributed by atoms with van der Waals surface area (Å²) in [4.78, 5) is 15.7. The number of hydrogen-bond donors (Lipinski definition) is 0. The number of rotatable bonds is 6. The summed E-state index contributed by atoms with van der Waals surface area (Å²) >= 11 is 0. The standard InChI is InChI=1S/C56H40N6/c1-34-24-35(2)27-42(26-34)40-19-22-51-46(31-40)47-32-41(43-28-36(3)25-37(4)29-43)20-23-52(47)61(51)53-21-18-38(33-57)30-48(53)55-58-54(39-12-6-5-7-13-39)59-56(60-55)62-49-16-10-8-14-44(49)45-15-9-11-17-50(45)62/h5-32H,1-4H3. The lowest BCUT2D eigenvalue weighted by atomic mass is 9.97. The van der Waals surface area contributed by atoms with Crippen LogP contribution in [0.15, 0.2) is 170 Å². The SMILES string of the molecule is Cc1cc(C)cc(-c2ccc3c(c2)c2cc(-c4cc(C)cc(C)c4)ccc2n3-c2ccc(C#N)cc2-c2nc(-c3ccccc3)nc(-n3c4ccccc4c4ccccc43)n2)c1. The summed E-state index contributed by atoms with van der Waals surface area (Å²) in [7, 11) is 0. The van der Waals surface area contributed by atoms with Crippen LogP contribution < -0.4 is 0 Å². The van der Waals surface area contributed by atoms with Gasteiger partial charge in [-0.05, 0) is 105 Å². The van der Waals surface area contributed by atoms with Gasteiger partial charge in [-0.25, -0.2) is 4.98 Å². The molecule has 0 amide bonds. The Kier molecular flexibility index (Phi) is 8.66. The largest absolute Gasteiger partial charge is 0.308 e. The average molecular weight is 797 g/mol. The van der Waals surface area contributed by atoms with E-state index in [9.17, 15) is 5.26 Å². The molecule has 0 aliphatic carbocycles. The van der Waals surface area contributed by atoms with Crippen molar-refractivity contribution in [2.75, 3.05) is 0 Å². The molecule has 6 nitrogen and oxygen atoms in total. The van der Waals surface area contributed by atoms with Crippen LogP contribution in [-0.2, 0) is 0 Å². The van der Waals surface area contributed by atoms with E-state index in [2.05, 4.69) is 152 Å². The van der Waals surface area contributed by atoms with Crippen LogP contribution in [0.5, 0.6) is 0 Å². The summed E-state index contributed by atoms with van der Waals surface area (Å²) in [6.45, 7) is 8.61. The first-order valence-corrected chi connectivity index (χ1v) is 20.9. The summed E-state index contributed by atoms with van der Waals surface area (Å²) < 4.78 is 4.43. The minimum absolute atomic E-state index is 0.469. The Morgan fingerprint density at radius 2 is 0.887 bits per heavy atom. The molecule has 62 heavy (non-hydrogen) atoms. The van der Waals surface area contributed by atoms with Crippen LogP contribution >= 0.6 is 0 Å². The molecule has 0 spiro atoms. The predicted molar refractivity (Wildman–Crippen MR) is 254 cm³/mol. The third-order valence-electron chi connectivity index (χ3n) is 11.9. The van der Waals surface area contributed by atoms with Crippen LogP contribution in [0.2, 0.25) is 0 Å². The molecular formula is C56H40N6. The van der Waals surface area contributed by atoms with Crippen molar-refractivity contribution in [3.8, 4) is 62.7 Å². The number of para-hydroxylation sites is 2. The molecule has 0 N–H and O–H groups in total. The summed E-state index contributed by atoms with van der Waals surface area (Å²) in [6, 6.07) is 62.0. The summed E-state index contributed by atoms with van der Waals surface area (Å²) in [5.41, 5.74) is 16.6. The number of nitrogens with zero attached hydrogens (tertiary/aromatic N) is 6. The van der Waals surface area contributed by atoms with Crippen molar-refractivity contribution in [2.45, 2.75) is 27.7 Å². The summed E-state index contributed by atoms with van der Waals surface area (Å²) in [5, 5.41) is 14.9. The van der Waals surface area contributed by atoms with Crippen molar-refractivity contribution in [1.29, 1.82) is 5.26 Å². The maximum atomic E-state index is 10.4. The fraction of sp³-hybridized carbons (Fsp3) is 0.0714. The van der Waals surface area contributed by atoms with Gasteiger partial charge in [0.1, 0.15) is 0 Å². The van der Waals surface area contributed by atoms with Crippen LogP contribution in [0.4, 0.5) is 0 Å². The van der Waals surface area contributed by atoms with Gasteiger partial charge in [-0.15, -0.1) is 0 Å². The van der Waals surface area contributed by atoms with Gasteiger partial charge in [-0.2, -0.15) is 15.2 Å². The quantitative estimate of drug-likeness (QED) is 0.168. The van der Waals surface area contributed by atoms with Gasteiger partial charge in [0.25, 0.3) is 0 Å². The van der Waals surface area contributed by atoms with Gasteiger partial charge < -0.3 is 4.57 Å². The van der Waals surface area contributed by atoms with Crippen LogP contribution in [0, 0.1) is 39.0 Å². The van der Waals surface area contributed by atoms with Crippen LogP contribution in [0.1, 0.15) is 27.8 Å². The fourth-order valence-corrected chi connectivity index (χ4v) is 9.34. The number of hydrogen-bond acceptors (Lipinski definition) is 4. The molecule has 0 atom stereocenters. The fourth-order valence-electron chi connectivity index (χ4n) is 9.34. The Bertz CT molecular complexity index is 3440. The average Bonchev–Trinajstić information content (AvgIpc) is 3.80. The molecule has 0 aliphatic rings. The van der Waals surface area contributed by atoms with Gasteiger partial charge >= 0.3 is 0 Å². The minimum atomic E-state index is 0.469. The van der Waals surface area contributed by atoms with E-state index < -0.39 is 0 Å². The van der Waals surface area contributed by atoms with Crippen molar-refractivity contribution < 1.29 is 0 Å². The molecule has 11 aromatic rings. The van der Waals surface area contributed by atoms with Crippen molar-refractivity contribution in [3.63, 3.8) is 0 Å². The van der Waals surface area contributed by atoms with E-state index in [1.807, 2.05) is 60.7 Å². The second-order valence-corrected chi connectivity index (χ2v) is 16.4. The lowest BCUT2D eigenvalue weighted by molar-refractivity contribution is 0.951. The Labute approximate surface area is 359 Å². The van der Waals surface area contributed by atoms with E-state index in [0.717, 1.165) is 71.6 Å². The Morgan fingerprint density at radius 3 is 1.44 bits per heavy atom. The molecule has 0 radical (unpaired) electrons. The first-order valence-electron chi connectivity index (χ1n) is 20.9. The zero-order valence-corrected chi connectivity index (χ0v) is 34.8. The predicted octanol–water partition coefficient (Wildman–Crippen LogP) is 13.8. The summed E-state index contributed by atoms with van der Waals surface area (Å²) in [5.74, 6) is 1.51. The lowest BCUT2D eigenvalue weighted by Crippen LogP contribution is -2.08. The highest BCUT2D eigenvalue weighted by Gasteiger charge is 2.22. The van der Waals surface area contributed by atoms with Crippen molar-refractivity contribution in [3.05, 3.63) is 198 Å². The second kappa shape index (κ2) is 14.5. The van der Waals surface area contributed by atoms with E-state index in [4.69, 9.17) is 15.0 Å². The number of aryl methyl sites for hydroxylation is 4. The van der Waals surface area contributed by atoms with Crippen molar-refractivity contribution in [2.24, 2.45) is 0 Å².